The van der Waals surface area contributed by atoms with Crippen LogP contribution >= 0.6 is 12.6 Å². The standard InChI is InChI=1S/C18H28N2O2.C9H12OS.C3H9N3O/c1-4-18(21)19(2)12-15-7-9-16(10-8-15)13-20-11-5-6-17(14-20)22-3;1-6-4-8(10-3)5-7(2)9(6)11;1-5-2-3(7)6-4/h7-10,17H,4-6,11-14H2,1-3H3;4-5,11H,1-3H3;5H,2,4H2,1H3,(H,6,7). The van der Waals surface area contributed by atoms with E-state index in [-0.39, 0.29) is 18.4 Å². The fourth-order valence-electron chi connectivity index (χ4n) is 4.23. The van der Waals surface area contributed by atoms with Crippen LogP contribution in [0, 0.1) is 13.8 Å². The Labute approximate surface area is 246 Å². The predicted octanol–water partition coefficient (Wildman–Crippen LogP) is 3.46. The second kappa shape index (κ2) is 19.4. The van der Waals surface area contributed by atoms with E-state index in [0.717, 1.165) is 41.4 Å². The van der Waals surface area contributed by atoms with Crippen LogP contribution in [-0.4, -0.2) is 75.7 Å². The first-order valence-corrected chi connectivity index (χ1v) is 14.1. The van der Waals surface area contributed by atoms with Crippen molar-refractivity contribution < 1.29 is 19.1 Å². The minimum absolute atomic E-state index is 0.183. The average Bonchev–Trinajstić information content (AvgIpc) is 2.97. The SMILES string of the molecule is CCC(=O)N(C)Cc1ccc(CN2CCCC(OC)C2)cc1.CNCC(=O)NN.COc1cc(C)c(S)c(C)c1. The summed E-state index contributed by atoms with van der Waals surface area (Å²) in [4.78, 5) is 27.0. The molecule has 1 fully saturated rings. The van der Waals surface area contributed by atoms with Gasteiger partial charge in [-0.3, -0.25) is 19.9 Å². The van der Waals surface area contributed by atoms with Crippen molar-refractivity contribution >= 4 is 24.4 Å². The molecule has 9 nitrogen and oxygen atoms in total. The Morgan fingerprint density at radius 2 is 1.73 bits per heavy atom. The quantitative estimate of drug-likeness (QED) is 0.157. The molecular weight excluding hydrogens is 526 g/mol. The predicted molar refractivity (Wildman–Crippen MR) is 164 cm³/mol. The van der Waals surface area contributed by atoms with E-state index >= 15 is 0 Å². The van der Waals surface area contributed by atoms with Gasteiger partial charge in [0.2, 0.25) is 11.8 Å². The normalized spacial score (nSPS) is 14.7. The van der Waals surface area contributed by atoms with Crippen LogP contribution in [0.3, 0.4) is 0 Å². The van der Waals surface area contributed by atoms with E-state index in [1.54, 1.807) is 26.2 Å². The summed E-state index contributed by atoms with van der Waals surface area (Å²) >= 11 is 4.34. The number of nitrogens with zero attached hydrogens (tertiary/aromatic N) is 2. The van der Waals surface area contributed by atoms with E-state index in [1.165, 1.54) is 24.0 Å². The number of benzene rings is 2. The molecule has 224 valence electrons. The zero-order valence-corrected chi connectivity index (χ0v) is 26.1. The van der Waals surface area contributed by atoms with Gasteiger partial charge >= 0.3 is 0 Å². The van der Waals surface area contributed by atoms with E-state index in [9.17, 15) is 9.59 Å². The van der Waals surface area contributed by atoms with E-state index < -0.39 is 0 Å². The molecule has 10 heteroatoms. The lowest BCUT2D eigenvalue weighted by atomic mass is 10.1. The average molecular weight is 576 g/mol. The number of likely N-dealkylation sites (tertiary alicyclic amines) is 1. The van der Waals surface area contributed by atoms with Crippen LogP contribution in [0.1, 0.15) is 48.4 Å². The Morgan fingerprint density at radius 1 is 1.12 bits per heavy atom. The topological polar surface area (TPSA) is 109 Å². The number of nitrogens with two attached hydrogens (primary N) is 1. The number of ether oxygens (including phenoxy) is 2. The highest BCUT2D eigenvalue weighted by Gasteiger charge is 2.19. The molecule has 0 bridgehead atoms. The number of piperidine rings is 1. The minimum Gasteiger partial charge on any atom is -0.497 e. The molecule has 1 aliphatic rings. The third-order valence-corrected chi connectivity index (χ3v) is 7.28. The van der Waals surface area contributed by atoms with Gasteiger partial charge in [-0.1, -0.05) is 31.2 Å². The number of likely N-dealkylation sites (N-methyl/N-ethyl adjacent to an activating group) is 1. The van der Waals surface area contributed by atoms with Gasteiger partial charge in [0.25, 0.3) is 0 Å². The lowest BCUT2D eigenvalue weighted by Gasteiger charge is -2.31. The lowest BCUT2D eigenvalue weighted by molar-refractivity contribution is -0.130. The lowest BCUT2D eigenvalue weighted by Crippen LogP contribution is -2.38. The summed E-state index contributed by atoms with van der Waals surface area (Å²) < 4.78 is 10.6. The van der Waals surface area contributed by atoms with Crippen molar-refractivity contribution in [2.24, 2.45) is 5.84 Å². The fraction of sp³-hybridized carbons (Fsp3) is 0.533. The summed E-state index contributed by atoms with van der Waals surface area (Å²) in [5, 5.41) is 2.63. The van der Waals surface area contributed by atoms with Gasteiger partial charge in [0.1, 0.15) is 5.75 Å². The van der Waals surface area contributed by atoms with Crippen molar-refractivity contribution in [2.75, 3.05) is 47.9 Å². The number of carbonyl (C=O) groups is 2. The smallest absolute Gasteiger partial charge is 0.247 e. The number of rotatable bonds is 9. The molecule has 2 aromatic carbocycles. The van der Waals surface area contributed by atoms with Crippen LogP contribution in [0.4, 0.5) is 0 Å². The highest BCUT2D eigenvalue weighted by molar-refractivity contribution is 7.80. The number of hydrogen-bond acceptors (Lipinski definition) is 8. The Hall–Kier alpha value is -2.63. The fourth-order valence-corrected chi connectivity index (χ4v) is 4.36. The molecule has 2 amide bonds. The van der Waals surface area contributed by atoms with E-state index in [0.29, 0.717) is 19.1 Å². The molecule has 1 unspecified atom stereocenters. The van der Waals surface area contributed by atoms with Crippen molar-refractivity contribution in [2.45, 2.75) is 64.1 Å². The van der Waals surface area contributed by atoms with Gasteiger partial charge in [0.05, 0.1) is 19.8 Å². The molecule has 2 aromatic rings. The summed E-state index contributed by atoms with van der Waals surface area (Å²) in [6.07, 6.45) is 3.32. The summed E-state index contributed by atoms with van der Waals surface area (Å²) in [6.45, 7) is 10.0. The van der Waals surface area contributed by atoms with Gasteiger partial charge in [0.15, 0.2) is 0 Å². The van der Waals surface area contributed by atoms with Crippen LogP contribution in [0.15, 0.2) is 41.3 Å². The minimum atomic E-state index is -0.206. The molecule has 3 rings (SSSR count). The van der Waals surface area contributed by atoms with Gasteiger partial charge in [-0.2, -0.15) is 0 Å². The molecule has 0 spiro atoms. The molecule has 0 aromatic heterocycles. The second-order valence-corrected chi connectivity index (χ2v) is 10.3. The monoisotopic (exact) mass is 575 g/mol. The number of methoxy groups -OCH3 is 2. The maximum atomic E-state index is 11.6. The zero-order chi connectivity index (χ0) is 30.1. The van der Waals surface area contributed by atoms with Crippen molar-refractivity contribution in [1.82, 2.24) is 20.5 Å². The highest BCUT2D eigenvalue weighted by Crippen LogP contribution is 2.24. The summed E-state index contributed by atoms with van der Waals surface area (Å²) in [5.74, 6) is 5.60. The Morgan fingerprint density at radius 3 is 2.20 bits per heavy atom. The Balaban J connectivity index is 0.000000368. The number of carbonyl (C=O) groups excluding carboxylic acids is 2. The van der Waals surface area contributed by atoms with E-state index in [1.807, 2.05) is 45.4 Å². The molecule has 1 atom stereocenters. The number of aryl methyl sites for hydroxylation is 2. The molecule has 1 heterocycles. The third-order valence-electron chi connectivity index (χ3n) is 6.57. The summed E-state index contributed by atoms with van der Waals surface area (Å²) in [6, 6.07) is 12.6. The largest absolute Gasteiger partial charge is 0.497 e. The third kappa shape index (κ3) is 13.1. The number of thiol groups is 1. The Kier molecular flexibility index (Phi) is 17.2. The highest BCUT2D eigenvalue weighted by atomic mass is 32.1. The first-order valence-electron chi connectivity index (χ1n) is 13.6. The number of hydrogen-bond donors (Lipinski definition) is 4. The summed E-state index contributed by atoms with van der Waals surface area (Å²) in [7, 11) is 7.01. The van der Waals surface area contributed by atoms with E-state index in [4.69, 9.17) is 15.3 Å². The first kappa shape index (κ1) is 35.4. The van der Waals surface area contributed by atoms with Gasteiger partial charge in [0, 0.05) is 45.1 Å². The van der Waals surface area contributed by atoms with E-state index in [2.05, 4.69) is 47.1 Å². The van der Waals surface area contributed by atoms with Crippen LogP contribution in [0.2, 0.25) is 0 Å². The van der Waals surface area contributed by atoms with Gasteiger partial charge in [-0.25, -0.2) is 5.84 Å². The van der Waals surface area contributed by atoms with Crippen LogP contribution < -0.4 is 21.3 Å². The number of hydrazine groups is 1. The van der Waals surface area contributed by atoms with Crippen molar-refractivity contribution in [1.29, 1.82) is 0 Å². The maximum absolute atomic E-state index is 11.6. The zero-order valence-electron chi connectivity index (χ0n) is 25.3. The molecular formula is C30H49N5O4S. The maximum Gasteiger partial charge on any atom is 0.247 e. The molecule has 0 saturated carbocycles. The molecule has 4 N–H and O–H groups in total. The molecule has 1 aliphatic heterocycles. The van der Waals surface area contributed by atoms with Crippen molar-refractivity contribution in [3.05, 3.63) is 58.7 Å². The summed E-state index contributed by atoms with van der Waals surface area (Å²) in [5.41, 5.74) is 6.79. The molecule has 1 saturated heterocycles. The number of nitrogens with one attached hydrogen (secondary N) is 2. The number of amides is 2. The van der Waals surface area contributed by atoms with Crippen LogP contribution in [0.5, 0.6) is 5.75 Å². The molecule has 40 heavy (non-hydrogen) atoms. The van der Waals surface area contributed by atoms with Gasteiger partial charge < -0.3 is 19.7 Å². The van der Waals surface area contributed by atoms with Gasteiger partial charge in [-0.05, 0) is 74.7 Å². The first-order chi connectivity index (χ1) is 19.1. The Bertz CT molecular complexity index is 1010. The molecule has 0 radical (unpaired) electrons. The van der Waals surface area contributed by atoms with Gasteiger partial charge in [-0.15, -0.1) is 12.6 Å². The second-order valence-electron chi connectivity index (χ2n) is 9.86. The van der Waals surface area contributed by atoms with Crippen LogP contribution in [-0.2, 0) is 27.4 Å². The van der Waals surface area contributed by atoms with Crippen LogP contribution in [0.25, 0.3) is 0 Å². The van der Waals surface area contributed by atoms with Crippen molar-refractivity contribution in [3.8, 4) is 5.75 Å². The van der Waals surface area contributed by atoms with Crippen molar-refractivity contribution in [3.63, 3.8) is 0 Å². The molecule has 0 aliphatic carbocycles.